The van der Waals surface area contributed by atoms with Gasteiger partial charge in [0.05, 0.1) is 11.7 Å². The molecule has 1 aromatic carbocycles. The summed E-state index contributed by atoms with van der Waals surface area (Å²) in [4.78, 5) is 12.0. The summed E-state index contributed by atoms with van der Waals surface area (Å²) in [5, 5.41) is 12.4. The van der Waals surface area contributed by atoms with Crippen molar-refractivity contribution in [1.29, 1.82) is 0 Å². The minimum atomic E-state index is -0.548. The molecule has 1 saturated carbocycles. The van der Waals surface area contributed by atoms with Crippen LogP contribution in [-0.2, 0) is 0 Å². The molecule has 0 aliphatic heterocycles. The normalized spacial score (nSPS) is 25.4. The molecule has 1 fully saturated rings. The molecule has 0 spiro atoms. The fourth-order valence-electron chi connectivity index (χ4n) is 2.05. The van der Waals surface area contributed by atoms with Crippen LogP contribution in [0.3, 0.4) is 0 Å². The maximum absolute atomic E-state index is 13.5. The van der Waals surface area contributed by atoms with Gasteiger partial charge in [-0.25, -0.2) is 4.39 Å². The third kappa shape index (κ3) is 2.29. The molecular formula is C13H15BrFNO2. The lowest BCUT2D eigenvalue weighted by molar-refractivity contribution is -0.0689. The number of hydrogen-bond acceptors (Lipinski definition) is 2. The number of hydrogen-bond donors (Lipinski definition) is 2. The molecule has 2 rings (SSSR count). The van der Waals surface area contributed by atoms with Gasteiger partial charge in [0.25, 0.3) is 5.91 Å². The van der Waals surface area contributed by atoms with Crippen molar-refractivity contribution in [1.82, 2.24) is 5.32 Å². The largest absolute Gasteiger partial charge is 0.392 e. The van der Waals surface area contributed by atoms with E-state index >= 15 is 0 Å². The second-order valence-corrected chi connectivity index (χ2v) is 6.14. The number of benzene rings is 1. The van der Waals surface area contributed by atoms with Crippen LogP contribution in [0.4, 0.5) is 4.39 Å². The van der Waals surface area contributed by atoms with Crippen molar-refractivity contribution in [2.75, 3.05) is 0 Å². The Labute approximate surface area is 114 Å². The summed E-state index contributed by atoms with van der Waals surface area (Å²) in [5.41, 5.74) is -0.348. The van der Waals surface area contributed by atoms with Crippen LogP contribution in [0, 0.1) is 11.2 Å². The molecule has 0 saturated heterocycles. The minimum absolute atomic E-state index is 0.0153. The zero-order chi connectivity index (χ0) is 13.5. The number of rotatable bonds is 2. The molecule has 0 heterocycles. The molecule has 18 heavy (non-hydrogen) atoms. The molecule has 0 bridgehead atoms. The van der Waals surface area contributed by atoms with Gasteiger partial charge in [-0.2, -0.15) is 0 Å². The molecule has 2 N–H and O–H groups in total. The first-order valence-corrected chi connectivity index (χ1v) is 6.55. The van der Waals surface area contributed by atoms with Gasteiger partial charge in [0.15, 0.2) is 0 Å². The van der Waals surface area contributed by atoms with Gasteiger partial charge in [-0.1, -0.05) is 29.8 Å². The lowest BCUT2D eigenvalue weighted by Gasteiger charge is -2.49. The smallest absolute Gasteiger partial charge is 0.254 e. The lowest BCUT2D eigenvalue weighted by Crippen LogP contribution is -2.61. The molecule has 98 valence electrons. The number of halogens is 2. The van der Waals surface area contributed by atoms with Crippen LogP contribution in [0.1, 0.15) is 30.6 Å². The Morgan fingerprint density at radius 2 is 2.22 bits per heavy atom. The number of carbonyl (C=O) groups is 1. The molecule has 0 radical (unpaired) electrons. The van der Waals surface area contributed by atoms with Crippen molar-refractivity contribution in [2.24, 2.45) is 5.41 Å². The average molecular weight is 316 g/mol. The zero-order valence-electron chi connectivity index (χ0n) is 10.2. The van der Waals surface area contributed by atoms with Gasteiger partial charge in [0.1, 0.15) is 5.82 Å². The Morgan fingerprint density at radius 3 is 2.78 bits per heavy atom. The summed E-state index contributed by atoms with van der Waals surface area (Å²) in [6, 6.07) is 4.12. The molecule has 1 aliphatic rings. The Bertz CT molecular complexity index is 490. The van der Waals surface area contributed by atoms with Crippen LogP contribution in [-0.4, -0.2) is 23.2 Å². The Balaban J connectivity index is 2.12. The zero-order valence-corrected chi connectivity index (χ0v) is 11.8. The van der Waals surface area contributed by atoms with Gasteiger partial charge in [-0.15, -0.1) is 0 Å². The van der Waals surface area contributed by atoms with Crippen LogP contribution in [0.5, 0.6) is 0 Å². The number of aliphatic hydroxyl groups is 1. The predicted octanol–water partition coefficient (Wildman–Crippen LogP) is 2.48. The molecule has 1 amide bonds. The van der Waals surface area contributed by atoms with Gasteiger partial charge in [0, 0.05) is 15.9 Å². The highest BCUT2D eigenvalue weighted by Crippen LogP contribution is 2.40. The van der Waals surface area contributed by atoms with Crippen molar-refractivity contribution < 1.29 is 14.3 Å². The quantitative estimate of drug-likeness (QED) is 0.881. The van der Waals surface area contributed by atoms with Crippen molar-refractivity contribution in [3.05, 3.63) is 34.1 Å². The first-order chi connectivity index (χ1) is 8.32. The Hall–Kier alpha value is -0.940. The topological polar surface area (TPSA) is 49.3 Å². The van der Waals surface area contributed by atoms with Crippen molar-refractivity contribution in [3.8, 4) is 0 Å². The molecule has 3 nitrogen and oxygen atoms in total. The van der Waals surface area contributed by atoms with Gasteiger partial charge >= 0.3 is 0 Å². The van der Waals surface area contributed by atoms with E-state index in [0.717, 1.165) is 0 Å². The van der Waals surface area contributed by atoms with Crippen LogP contribution < -0.4 is 5.32 Å². The van der Waals surface area contributed by atoms with E-state index in [0.29, 0.717) is 10.9 Å². The highest BCUT2D eigenvalue weighted by Gasteiger charge is 2.48. The molecule has 1 aliphatic carbocycles. The molecule has 0 aromatic heterocycles. The van der Waals surface area contributed by atoms with Gasteiger partial charge < -0.3 is 10.4 Å². The number of carbonyl (C=O) groups excluding carboxylic acids is 1. The van der Waals surface area contributed by atoms with E-state index < -0.39 is 17.8 Å². The number of nitrogens with one attached hydrogen (secondary N) is 1. The Kier molecular flexibility index (Phi) is 3.47. The summed E-state index contributed by atoms with van der Waals surface area (Å²) >= 11 is 3.21. The van der Waals surface area contributed by atoms with E-state index in [-0.39, 0.29) is 17.0 Å². The summed E-state index contributed by atoms with van der Waals surface area (Å²) < 4.78 is 14.2. The van der Waals surface area contributed by atoms with Crippen LogP contribution in [0.15, 0.2) is 22.7 Å². The highest BCUT2D eigenvalue weighted by atomic mass is 79.9. The van der Waals surface area contributed by atoms with Crippen molar-refractivity contribution in [2.45, 2.75) is 32.4 Å². The fraction of sp³-hybridized carbons (Fsp3) is 0.462. The van der Waals surface area contributed by atoms with Crippen molar-refractivity contribution >= 4 is 21.8 Å². The summed E-state index contributed by atoms with van der Waals surface area (Å²) in [6.45, 7) is 3.76. The highest BCUT2D eigenvalue weighted by molar-refractivity contribution is 9.10. The average Bonchev–Trinajstić information content (AvgIpc) is 2.31. The minimum Gasteiger partial charge on any atom is -0.392 e. The van der Waals surface area contributed by atoms with Gasteiger partial charge in [-0.3, -0.25) is 4.79 Å². The number of aliphatic hydroxyl groups excluding tert-OH is 1. The summed E-state index contributed by atoms with van der Waals surface area (Å²) in [7, 11) is 0. The number of amides is 1. The first kappa shape index (κ1) is 13.5. The summed E-state index contributed by atoms with van der Waals surface area (Å²) in [5.74, 6) is -0.993. The van der Waals surface area contributed by atoms with Crippen LogP contribution >= 0.6 is 15.9 Å². The monoisotopic (exact) mass is 315 g/mol. The van der Waals surface area contributed by atoms with Gasteiger partial charge in [0.2, 0.25) is 0 Å². The third-order valence-corrected chi connectivity index (χ3v) is 4.19. The molecular weight excluding hydrogens is 301 g/mol. The van der Waals surface area contributed by atoms with Crippen molar-refractivity contribution in [3.63, 3.8) is 0 Å². The molecule has 5 heteroatoms. The van der Waals surface area contributed by atoms with E-state index in [9.17, 15) is 14.3 Å². The second-order valence-electron chi connectivity index (χ2n) is 5.22. The van der Waals surface area contributed by atoms with E-state index in [1.165, 1.54) is 12.1 Å². The molecule has 0 unspecified atom stereocenters. The SMILES string of the molecule is CC1(C)[C@@H](O)C[C@H]1NC(=O)c1cc(Br)ccc1F. The molecule has 2 atom stereocenters. The predicted molar refractivity (Wildman–Crippen MR) is 69.8 cm³/mol. The van der Waals surface area contributed by atoms with E-state index in [1.807, 2.05) is 13.8 Å². The first-order valence-electron chi connectivity index (χ1n) is 5.76. The standard InChI is InChI=1S/C13H15BrFNO2/c1-13(2)10(6-11(13)17)16-12(18)8-5-7(14)3-4-9(8)15/h3-5,10-11,17H,6H2,1-2H3,(H,16,18)/t10-,11+/m1/s1. The van der Waals surface area contributed by atoms with E-state index in [2.05, 4.69) is 21.2 Å². The van der Waals surface area contributed by atoms with E-state index in [1.54, 1.807) is 6.07 Å². The second kappa shape index (κ2) is 4.63. The van der Waals surface area contributed by atoms with Crippen LogP contribution in [0.2, 0.25) is 0 Å². The molecule has 1 aromatic rings. The maximum atomic E-state index is 13.5. The van der Waals surface area contributed by atoms with Gasteiger partial charge in [-0.05, 0) is 24.6 Å². The van der Waals surface area contributed by atoms with Crippen LogP contribution in [0.25, 0.3) is 0 Å². The summed E-state index contributed by atoms with van der Waals surface area (Å²) in [6.07, 6.45) is 0.0871. The third-order valence-electron chi connectivity index (χ3n) is 3.69. The maximum Gasteiger partial charge on any atom is 0.254 e. The fourth-order valence-corrected chi connectivity index (χ4v) is 2.42. The lowest BCUT2D eigenvalue weighted by atomic mass is 9.64. The Morgan fingerprint density at radius 1 is 1.56 bits per heavy atom. The van der Waals surface area contributed by atoms with E-state index in [4.69, 9.17) is 0 Å².